The van der Waals surface area contributed by atoms with Gasteiger partial charge in [0.25, 0.3) is 5.91 Å². The third-order valence-corrected chi connectivity index (χ3v) is 8.95. The third-order valence-electron chi connectivity index (χ3n) is 8.95. The van der Waals surface area contributed by atoms with Gasteiger partial charge < -0.3 is 36.0 Å². The fraction of sp³-hybridized carbons (Fsp3) is 0.536. The minimum atomic E-state index is -2.94. The Morgan fingerprint density at radius 1 is 1.15 bits per heavy atom. The lowest BCUT2D eigenvalue weighted by Crippen LogP contribution is -2.70. The first-order valence-corrected chi connectivity index (χ1v) is 13.1. The van der Waals surface area contributed by atoms with Crippen molar-refractivity contribution >= 4 is 23.2 Å². The molecule has 6 unspecified atom stereocenters. The summed E-state index contributed by atoms with van der Waals surface area (Å²) in [7, 11) is 2.95. The molecular weight excluding hydrogens is 508 g/mol. The second-order valence-electron chi connectivity index (χ2n) is 11.3. The van der Waals surface area contributed by atoms with Crippen LogP contribution < -0.4 is 5.73 Å². The van der Waals surface area contributed by atoms with Crippen molar-refractivity contribution in [3.05, 3.63) is 45.7 Å². The Bertz CT molecular complexity index is 1330. The van der Waals surface area contributed by atoms with Crippen molar-refractivity contribution in [3.8, 4) is 5.75 Å². The molecule has 0 bridgehead atoms. The molecule has 5 rings (SSSR count). The van der Waals surface area contributed by atoms with Crippen LogP contribution in [0.15, 0.2) is 29.0 Å². The minimum absolute atomic E-state index is 0.0281. The van der Waals surface area contributed by atoms with Crippen molar-refractivity contribution in [2.45, 2.75) is 62.4 Å². The van der Waals surface area contributed by atoms with E-state index in [0.717, 1.165) is 25.7 Å². The maximum absolute atomic E-state index is 14.2. The fourth-order valence-corrected chi connectivity index (χ4v) is 7.03. The normalized spacial score (nSPS) is 32.9. The summed E-state index contributed by atoms with van der Waals surface area (Å²) in [4.78, 5) is 41.0. The van der Waals surface area contributed by atoms with Crippen molar-refractivity contribution in [2.75, 3.05) is 20.7 Å². The van der Waals surface area contributed by atoms with Gasteiger partial charge in [-0.05, 0) is 45.0 Å². The number of aromatic hydroxyl groups is 1. The van der Waals surface area contributed by atoms with Crippen molar-refractivity contribution in [2.24, 2.45) is 17.6 Å². The van der Waals surface area contributed by atoms with E-state index in [0.29, 0.717) is 11.1 Å². The zero-order valence-corrected chi connectivity index (χ0v) is 22.0. The minimum Gasteiger partial charge on any atom is -0.508 e. The first-order valence-electron chi connectivity index (χ1n) is 13.1. The molecule has 1 amide bonds. The summed E-state index contributed by atoms with van der Waals surface area (Å²) < 4.78 is 6.20. The number of hydrogen-bond donors (Lipinski definition) is 6. The quantitative estimate of drug-likeness (QED) is 0.289. The Morgan fingerprint density at radius 2 is 1.79 bits per heavy atom. The van der Waals surface area contributed by atoms with Gasteiger partial charge in [0, 0.05) is 17.4 Å². The highest BCUT2D eigenvalue weighted by Crippen LogP contribution is 2.56. The highest BCUT2D eigenvalue weighted by atomic mass is 16.5. The Hall–Kier alpha value is -3.25. The second-order valence-corrected chi connectivity index (χ2v) is 11.3. The summed E-state index contributed by atoms with van der Waals surface area (Å²) in [5.41, 5.74) is 1.89. The predicted molar refractivity (Wildman–Crippen MR) is 138 cm³/mol. The van der Waals surface area contributed by atoms with Crippen LogP contribution in [0, 0.1) is 18.8 Å². The van der Waals surface area contributed by atoms with Gasteiger partial charge in [0.05, 0.1) is 36.3 Å². The Morgan fingerprint density at radius 3 is 2.38 bits per heavy atom. The molecule has 6 atom stereocenters. The maximum atomic E-state index is 14.2. The highest BCUT2D eigenvalue weighted by Gasteiger charge is 2.68. The number of aryl methyl sites for hydroxylation is 1. The number of rotatable bonds is 5. The van der Waals surface area contributed by atoms with Gasteiger partial charge in [-0.1, -0.05) is 25.0 Å². The molecule has 2 fully saturated rings. The van der Waals surface area contributed by atoms with E-state index in [1.807, 2.05) is 0 Å². The number of phenolic OH excluding ortho intramolecular Hbond substituents is 1. The molecule has 11 nitrogen and oxygen atoms in total. The molecule has 0 aromatic heterocycles. The number of carbonyl (C=O) groups excluding carboxylic acids is 3. The number of phenols is 1. The predicted octanol–water partition coefficient (Wildman–Crippen LogP) is 0.744. The first-order chi connectivity index (χ1) is 18.3. The molecular formula is C28H34N2O9. The molecule has 1 aromatic rings. The summed E-state index contributed by atoms with van der Waals surface area (Å²) in [5.74, 6) is -9.17. The van der Waals surface area contributed by atoms with E-state index >= 15 is 0 Å². The number of likely N-dealkylation sites (N-methyl/N-ethyl adjacent to an activating group) is 1. The molecule has 39 heavy (non-hydrogen) atoms. The molecule has 0 heterocycles. The van der Waals surface area contributed by atoms with Gasteiger partial charge in [0.15, 0.2) is 11.4 Å². The summed E-state index contributed by atoms with van der Waals surface area (Å²) in [5, 5.41) is 57.1. The smallest absolute Gasteiger partial charge is 0.255 e. The first kappa shape index (κ1) is 27.3. The molecule has 1 aromatic carbocycles. The maximum Gasteiger partial charge on any atom is 0.255 e. The molecule has 11 heteroatoms. The van der Waals surface area contributed by atoms with Crippen LogP contribution in [0.4, 0.5) is 0 Å². The van der Waals surface area contributed by atoms with Crippen LogP contribution in [-0.2, 0) is 19.1 Å². The standard InChI is InChI=1S/C28H34N2O9/c1-11-8-9-13-14(10-39-12-6-4-5-7-12)15-17(22(32)16(13)21(11)31)25(35)28(38)19(23(15)33)20(30(2)3)24(34)18(26(28)36)27(29)37/h8-9,12,14-15,19-20,23,31-33,36,38H,4-7,10H2,1-3H3,(H2,29,37). The lowest BCUT2D eigenvalue weighted by Gasteiger charge is -2.54. The zero-order valence-electron chi connectivity index (χ0n) is 22.0. The molecule has 0 aliphatic heterocycles. The monoisotopic (exact) mass is 542 g/mol. The molecule has 4 aliphatic carbocycles. The molecule has 0 saturated heterocycles. The SMILES string of the molecule is Cc1ccc2c(c1O)C(O)=C1C(=O)C3(O)C(O)=C(C(N)=O)C(=O)C(N(C)C)C3C(O)C1C2COC1CCCC1. The number of amides is 1. The van der Waals surface area contributed by atoms with Crippen LogP contribution in [0.25, 0.3) is 5.76 Å². The van der Waals surface area contributed by atoms with E-state index in [1.54, 1.807) is 19.1 Å². The topological polar surface area (TPSA) is 191 Å². The van der Waals surface area contributed by atoms with Crippen LogP contribution in [0.3, 0.4) is 0 Å². The highest BCUT2D eigenvalue weighted by molar-refractivity contribution is 6.24. The number of carbonyl (C=O) groups is 3. The van der Waals surface area contributed by atoms with Gasteiger partial charge in [-0.2, -0.15) is 0 Å². The summed E-state index contributed by atoms with van der Waals surface area (Å²) in [6.07, 6.45) is 2.04. The number of aliphatic hydroxyl groups is 4. The molecule has 0 spiro atoms. The number of Topliss-reactive ketones (excluding diaryl/α,β-unsaturated/α-hetero) is 2. The number of nitrogens with zero attached hydrogens (tertiary/aromatic N) is 1. The fourth-order valence-electron chi connectivity index (χ4n) is 7.03. The molecule has 0 radical (unpaired) electrons. The molecule has 7 N–H and O–H groups in total. The van der Waals surface area contributed by atoms with E-state index in [9.17, 15) is 39.9 Å². The average molecular weight is 543 g/mol. The van der Waals surface area contributed by atoms with Gasteiger partial charge in [-0.3, -0.25) is 19.3 Å². The third kappa shape index (κ3) is 3.75. The number of fused-ring (bicyclic) bond motifs is 3. The number of ketones is 2. The van der Waals surface area contributed by atoms with Crippen LogP contribution in [0.2, 0.25) is 0 Å². The summed E-state index contributed by atoms with van der Waals surface area (Å²) in [6.45, 7) is 1.65. The van der Waals surface area contributed by atoms with Crippen molar-refractivity contribution in [3.63, 3.8) is 0 Å². The van der Waals surface area contributed by atoms with Crippen LogP contribution in [0.1, 0.15) is 48.3 Å². The van der Waals surface area contributed by atoms with Crippen LogP contribution >= 0.6 is 0 Å². The Kier molecular flexibility index (Phi) is 6.61. The molecule has 210 valence electrons. The second kappa shape index (κ2) is 9.44. The lowest BCUT2D eigenvalue weighted by molar-refractivity contribution is -0.170. The number of primary amides is 1. The number of ether oxygens (including phenoxy) is 1. The summed E-state index contributed by atoms with van der Waals surface area (Å²) in [6, 6.07) is 1.94. The van der Waals surface area contributed by atoms with Crippen LogP contribution in [0.5, 0.6) is 5.75 Å². The number of hydrogen-bond acceptors (Lipinski definition) is 10. The van der Waals surface area contributed by atoms with Gasteiger partial charge in [-0.15, -0.1) is 0 Å². The lowest BCUT2D eigenvalue weighted by atomic mass is 9.54. The van der Waals surface area contributed by atoms with Crippen LogP contribution in [-0.4, -0.2) is 92.5 Å². The van der Waals surface area contributed by atoms with Crippen molar-refractivity contribution in [1.29, 1.82) is 0 Å². The van der Waals surface area contributed by atoms with Crippen molar-refractivity contribution in [1.82, 2.24) is 4.90 Å². The van der Waals surface area contributed by atoms with E-state index in [1.165, 1.54) is 19.0 Å². The van der Waals surface area contributed by atoms with E-state index in [-0.39, 0.29) is 24.0 Å². The number of nitrogens with two attached hydrogens (primary N) is 1. The molecule has 4 aliphatic rings. The van der Waals surface area contributed by atoms with E-state index in [2.05, 4.69) is 0 Å². The molecule has 2 saturated carbocycles. The van der Waals surface area contributed by atoms with Gasteiger partial charge >= 0.3 is 0 Å². The number of benzene rings is 1. The Labute approximate surface area is 225 Å². The van der Waals surface area contributed by atoms with Gasteiger partial charge in [0.1, 0.15) is 22.8 Å². The Balaban J connectivity index is 1.75. The van der Waals surface area contributed by atoms with Gasteiger partial charge in [-0.25, -0.2) is 0 Å². The van der Waals surface area contributed by atoms with E-state index in [4.69, 9.17) is 10.5 Å². The average Bonchev–Trinajstić information content (AvgIpc) is 3.39. The summed E-state index contributed by atoms with van der Waals surface area (Å²) >= 11 is 0. The van der Waals surface area contributed by atoms with Crippen molar-refractivity contribution < 1.29 is 44.7 Å². The largest absolute Gasteiger partial charge is 0.508 e. The van der Waals surface area contributed by atoms with Gasteiger partial charge in [0.2, 0.25) is 5.78 Å². The number of aliphatic hydroxyl groups excluding tert-OH is 3. The zero-order chi connectivity index (χ0) is 28.5. The van der Waals surface area contributed by atoms with E-state index < -0.39 is 75.6 Å².